The molecule has 3 nitrogen and oxygen atoms in total. The third-order valence-electron chi connectivity index (χ3n) is 2.86. The van der Waals surface area contributed by atoms with Gasteiger partial charge < -0.3 is 5.73 Å². The fourth-order valence-electron chi connectivity index (χ4n) is 2.15. The van der Waals surface area contributed by atoms with Crippen LogP contribution in [0.2, 0.25) is 0 Å². The molecule has 1 amide bonds. The molecule has 1 saturated carbocycles. The van der Waals surface area contributed by atoms with Gasteiger partial charge >= 0.3 is 0 Å². The van der Waals surface area contributed by atoms with E-state index in [1.165, 1.54) is 32.1 Å². The van der Waals surface area contributed by atoms with Crippen LogP contribution >= 0.6 is 0 Å². The quantitative estimate of drug-likeness (QED) is 0.712. The molecule has 0 heterocycles. The molecule has 0 atom stereocenters. The predicted octanol–water partition coefficient (Wildman–Crippen LogP) is 1.13. The first-order valence-electron chi connectivity index (χ1n) is 5.26. The van der Waals surface area contributed by atoms with Gasteiger partial charge in [0.2, 0.25) is 5.91 Å². The topological polar surface area (TPSA) is 46.3 Å². The van der Waals surface area contributed by atoms with Gasteiger partial charge in [-0.2, -0.15) is 0 Å². The second-order valence-corrected chi connectivity index (χ2v) is 3.82. The predicted molar refractivity (Wildman–Crippen MR) is 53.3 cm³/mol. The van der Waals surface area contributed by atoms with E-state index in [-0.39, 0.29) is 5.91 Å². The fourth-order valence-corrected chi connectivity index (χ4v) is 2.15. The summed E-state index contributed by atoms with van der Waals surface area (Å²) in [4.78, 5) is 13.0. The highest BCUT2D eigenvalue weighted by atomic mass is 16.1. The molecule has 0 bridgehead atoms. The summed E-state index contributed by atoms with van der Waals surface area (Å²) in [5.41, 5.74) is 5.19. The first-order chi connectivity index (χ1) is 6.24. The number of hydrogen-bond donors (Lipinski definition) is 1. The van der Waals surface area contributed by atoms with Gasteiger partial charge in [0.25, 0.3) is 0 Å². The Morgan fingerprint density at radius 3 is 2.46 bits per heavy atom. The molecule has 0 unspecified atom stereocenters. The van der Waals surface area contributed by atoms with E-state index in [1.807, 2.05) is 0 Å². The van der Waals surface area contributed by atoms with Gasteiger partial charge in [-0.1, -0.05) is 26.2 Å². The van der Waals surface area contributed by atoms with Crippen molar-refractivity contribution in [3.05, 3.63) is 0 Å². The van der Waals surface area contributed by atoms with E-state index >= 15 is 0 Å². The maximum atomic E-state index is 10.8. The zero-order valence-corrected chi connectivity index (χ0v) is 8.46. The van der Waals surface area contributed by atoms with Gasteiger partial charge in [-0.25, -0.2) is 0 Å². The Bertz CT molecular complexity index is 164. The van der Waals surface area contributed by atoms with E-state index in [0.717, 1.165) is 6.54 Å². The first kappa shape index (κ1) is 10.5. The van der Waals surface area contributed by atoms with Crippen molar-refractivity contribution in [1.29, 1.82) is 0 Å². The summed E-state index contributed by atoms with van der Waals surface area (Å²) in [7, 11) is 0. The summed E-state index contributed by atoms with van der Waals surface area (Å²) < 4.78 is 0. The number of rotatable bonds is 4. The highest BCUT2D eigenvalue weighted by Gasteiger charge is 2.20. The number of carbonyl (C=O) groups excluding carboxylic acids is 1. The van der Waals surface area contributed by atoms with Gasteiger partial charge in [0, 0.05) is 6.04 Å². The zero-order valence-electron chi connectivity index (χ0n) is 8.46. The van der Waals surface area contributed by atoms with Crippen LogP contribution in [0.1, 0.15) is 39.0 Å². The molecular formula is C10H20N2O. The number of nitrogens with zero attached hydrogens (tertiary/aromatic N) is 1. The Balaban J connectivity index is 2.39. The number of likely N-dealkylation sites (N-methyl/N-ethyl adjacent to an activating group) is 1. The van der Waals surface area contributed by atoms with Gasteiger partial charge in [-0.3, -0.25) is 9.69 Å². The SMILES string of the molecule is CCN(CC(N)=O)C1CCCCC1. The van der Waals surface area contributed by atoms with Crippen molar-refractivity contribution in [1.82, 2.24) is 4.90 Å². The number of carbonyl (C=O) groups is 1. The molecule has 13 heavy (non-hydrogen) atoms. The molecule has 0 aliphatic heterocycles. The average Bonchev–Trinajstić information content (AvgIpc) is 2.15. The largest absolute Gasteiger partial charge is 0.369 e. The van der Waals surface area contributed by atoms with Crippen LogP contribution in [0.4, 0.5) is 0 Å². The molecule has 0 radical (unpaired) electrons. The summed E-state index contributed by atoms with van der Waals surface area (Å²) in [6.45, 7) is 3.46. The van der Waals surface area contributed by atoms with Gasteiger partial charge in [0.1, 0.15) is 0 Å². The van der Waals surface area contributed by atoms with E-state index in [1.54, 1.807) is 0 Å². The molecule has 1 rings (SSSR count). The lowest BCUT2D eigenvalue weighted by Crippen LogP contribution is -2.42. The molecule has 1 aliphatic carbocycles. The lowest BCUT2D eigenvalue weighted by Gasteiger charge is -2.32. The van der Waals surface area contributed by atoms with Crippen LogP contribution in [0, 0.1) is 0 Å². The van der Waals surface area contributed by atoms with Crippen molar-refractivity contribution >= 4 is 5.91 Å². The van der Waals surface area contributed by atoms with Gasteiger partial charge in [-0.15, -0.1) is 0 Å². The molecule has 76 valence electrons. The second-order valence-electron chi connectivity index (χ2n) is 3.82. The smallest absolute Gasteiger partial charge is 0.231 e. The van der Waals surface area contributed by atoms with Crippen LogP contribution in [-0.4, -0.2) is 29.9 Å². The lowest BCUT2D eigenvalue weighted by atomic mass is 9.94. The molecule has 1 aliphatic rings. The summed E-state index contributed by atoms with van der Waals surface area (Å²) in [6.07, 6.45) is 6.44. The molecular weight excluding hydrogens is 164 g/mol. The number of primary amides is 1. The summed E-state index contributed by atoms with van der Waals surface area (Å²) >= 11 is 0. The molecule has 1 fully saturated rings. The molecule has 0 aromatic rings. The van der Waals surface area contributed by atoms with Gasteiger partial charge in [-0.05, 0) is 19.4 Å². The molecule has 3 heteroatoms. The highest BCUT2D eigenvalue weighted by Crippen LogP contribution is 2.21. The van der Waals surface area contributed by atoms with Crippen molar-refractivity contribution in [2.75, 3.05) is 13.1 Å². The maximum absolute atomic E-state index is 10.8. The summed E-state index contributed by atoms with van der Waals surface area (Å²) in [5, 5.41) is 0. The zero-order chi connectivity index (χ0) is 9.68. The molecule has 0 aromatic heterocycles. The Morgan fingerprint density at radius 1 is 1.38 bits per heavy atom. The number of hydrogen-bond acceptors (Lipinski definition) is 2. The van der Waals surface area contributed by atoms with E-state index < -0.39 is 0 Å². The molecule has 0 spiro atoms. The Labute approximate surface area is 80.3 Å². The van der Waals surface area contributed by atoms with Crippen molar-refractivity contribution in [2.45, 2.75) is 45.1 Å². The van der Waals surface area contributed by atoms with Crippen molar-refractivity contribution in [3.8, 4) is 0 Å². The normalized spacial score (nSPS) is 19.2. The van der Waals surface area contributed by atoms with Crippen LogP contribution in [0.15, 0.2) is 0 Å². The maximum Gasteiger partial charge on any atom is 0.231 e. The number of amides is 1. The molecule has 0 saturated heterocycles. The standard InChI is InChI=1S/C10H20N2O/c1-2-12(8-10(11)13)9-6-4-3-5-7-9/h9H,2-8H2,1H3,(H2,11,13). The minimum Gasteiger partial charge on any atom is -0.369 e. The Kier molecular flexibility index (Phi) is 4.22. The minimum absolute atomic E-state index is 0.201. The Morgan fingerprint density at radius 2 is 2.00 bits per heavy atom. The van der Waals surface area contributed by atoms with Crippen LogP contribution < -0.4 is 5.73 Å². The average molecular weight is 184 g/mol. The van der Waals surface area contributed by atoms with E-state index in [2.05, 4.69) is 11.8 Å². The highest BCUT2D eigenvalue weighted by molar-refractivity contribution is 5.75. The number of nitrogens with two attached hydrogens (primary N) is 1. The van der Waals surface area contributed by atoms with Crippen LogP contribution in [0.5, 0.6) is 0 Å². The molecule has 0 aromatic carbocycles. The van der Waals surface area contributed by atoms with Crippen molar-refractivity contribution < 1.29 is 4.79 Å². The van der Waals surface area contributed by atoms with Crippen LogP contribution in [-0.2, 0) is 4.79 Å². The fraction of sp³-hybridized carbons (Fsp3) is 0.900. The Hall–Kier alpha value is -0.570. The van der Waals surface area contributed by atoms with Gasteiger partial charge in [0.05, 0.1) is 6.54 Å². The van der Waals surface area contributed by atoms with Crippen molar-refractivity contribution in [2.24, 2.45) is 5.73 Å². The van der Waals surface area contributed by atoms with Crippen molar-refractivity contribution in [3.63, 3.8) is 0 Å². The van der Waals surface area contributed by atoms with Crippen LogP contribution in [0.3, 0.4) is 0 Å². The van der Waals surface area contributed by atoms with Gasteiger partial charge in [0.15, 0.2) is 0 Å². The first-order valence-corrected chi connectivity index (χ1v) is 5.26. The monoisotopic (exact) mass is 184 g/mol. The lowest BCUT2D eigenvalue weighted by molar-refractivity contribution is -0.119. The van der Waals surface area contributed by atoms with E-state index in [4.69, 9.17) is 5.73 Å². The summed E-state index contributed by atoms with van der Waals surface area (Å²) in [6, 6.07) is 0.603. The summed E-state index contributed by atoms with van der Waals surface area (Å²) in [5.74, 6) is -0.201. The molecule has 2 N–H and O–H groups in total. The third kappa shape index (κ3) is 3.35. The second kappa shape index (κ2) is 5.22. The van der Waals surface area contributed by atoms with E-state index in [0.29, 0.717) is 12.6 Å². The van der Waals surface area contributed by atoms with Crippen LogP contribution in [0.25, 0.3) is 0 Å². The van der Waals surface area contributed by atoms with E-state index in [9.17, 15) is 4.79 Å². The third-order valence-corrected chi connectivity index (χ3v) is 2.86. The minimum atomic E-state index is -0.201.